The molecule has 3 heterocycles. The number of carbonyl (C=O) groups excluding carboxylic acids is 2. The van der Waals surface area contributed by atoms with Crippen molar-refractivity contribution in [2.45, 2.75) is 19.5 Å². The summed E-state index contributed by atoms with van der Waals surface area (Å²) in [5.41, 5.74) is 3.40. The lowest BCUT2D eigenvalue weighted by molar-refractivity contribution is -0.126. The highest BCUT2D eigenvalue weighted by Gasteiger charge is 2.40. The minimum Gasteiger partial charge on any atom is -0.328 e. The van der Waals surface area contributed by atoms with E-state index < -0.39 is 6.04 Å². The van der Waals surface area contributed by atoms with E-state index in [9.17, 15) is 9.59 Å². The van der Waals surface area contributed by atoms with Crippen LogP contribution < -0.4 is 10.6 Å². The molecule has 1 atom stereocenters. The molecular formula is C18H17N3O2S. The van der Waals surface area contributed by atoms with Gasteiger partial charge in [0.05, 0.1) is 30.4 Å². The smallest absolute Gasteiger partial charge is 0.319 e. The van der Waals surface area contributed by atoms with Gasteiger partial charge < -0.3 is 15.5 Å². The molecule has 122 valence electrons. The number of benzene rings is 1. The topological polar surface area (TPSA) is 61.4 Å². The van der Waals surface area contributed by atoms with Crippen LogP contribution in [0.4, 0.5) is 4.79 Å². The van der Waals surface area contributed by atoms with Crippen LogP contribution in [0.3, 0.4) is 0 Å². The standard InChI is InChI=1S/C18H17N3O2S/c1-11-4-2-5-12(8-11)16-15-14(19-18(23)20-16)10-21(17(15)22)9-13-6-3-7-24-13/h2-8,16H,9-10H2,1H3,(H2,19,20,23)/t16-/m1/s1. The summed E-state index contributed by atoms with van der Waals surface area (Å²) in [4.78, 5) is 27.9. The number of urea groups is 1. The van der Waals surface area contributed by atoms with Gasteiger partial charge in [-0.15, -0.1) is 11.3 Å². The molecule has 0 aliphatic carbocycles. The number of amides is 3. The summed E-state index contributed by atoms with van der Waals surface area (Å²) in [7, 11) is 0. The highest BCUT2D eigenvalue weighted by atomic mass is 32.1. The lowest BCUT2D eigenvalue weighted by atomic mass is 9.95. The zero-order valence-corrected chi connectivity index (χ0v) is 14.0. The molecule has 0 saturated carbocycles. The van der Waals surface area contributed by atoms with E-state index in [0.29, 0.717) is 24.4 Å². The molecule has 0 unspecified atom stereocenters. The van der Waals surface area contributed by atoms with Crippen molar-refractivity contribution >= 4 is 23.3 Å². The molecule has 2 aliphatic rings. The van der Waals surface area contributed by atoms with E-state index in [4.69, 9.17) is 0 Å². The number of hydrogen-bond acceptors (Lipinski definition) is 3. The van der Waals surface area contributed by atoms with Crippen molar-refractivity contribution in [1.29, 1.82) is 0 Å². The molecule has 3 amide bonds. The van der Waals surface area contributed by atoms with E-state index in [-0.39, 0.29) is 11.9 Å². The van der Waals surface area contributed by atoms with Gasteiger partial charge in [0.25, 0.3) is 5.91 Å². The fraction of sp³-hybridized carbons (Fsp3) is 0.222. The van der Waals surface area contributed by atoms with E-state index >= 15 is 0 Å². The molecule has 0 radical (unpaired) electrons. The molecule has 24 heavy (non-hydrogen) atoms. The normalized spacial score (nSPS) is 20.0. The fourth-order valence-electron chi connectivity index (χ4n) is 3.25. The van der Waals surface area contributed by atoms with Gasteiger partial charge in [-0.3, -0.25) is 4.79 Å². The number of rotatable bonds is 3. The zero-order chi connectivity index (χ0) is 16.7. The van der Waals surface area contributed by atoms with E-state index in [0.717, 1.165) is 16.0 Å². The van der Waals surface area contributed by atoms with Crippen molar-refractivity contribution in [2.24, 2.45) is 0 Å². The maximum atomic E-state index is 12.9. The van der Waals surface area contributed by atoms with Crippen LogP contribution in [0, 0.1) is 6.92 Å². The van der Waals surface area contributed by atoms with Crippen LogP contribution in [0.1, 0.15) is 22.0 Å². The monoisotopic (exact) mass is 339 g/mol. The van der Waals surface area contributed by atoms with Gasteiger partial charge in [0.2, 0.25) is 0 Å². The van der Waals surface area contributed by atoms with Gasteiger partial charge in [0.15, 0.2) is 0 Å². The first-order chi connectivity index (χ1) is 11.6. The molecule has 1 aromatic heterocycles. The molecule has 6 heteroatoms. The zero-order valence-electron chi connectivity index (χ0n) is 13.2. The van der Waals surface area contributed by atoms with Crippen molar-refractivity contribution in [2.75, 3.05) is 6.54 Å². The maximum absolute atomic E-state index is 12.9. The Morgan fingerprint density at radius 2 is 2.12 bits per heavy atom. The van der Waals surface area contributed by atoms with E-state index in [2.05, 4.69) is 10.6 Å². The highest BCUT2D eigenvalue weighted by Crippen LogP contribution is 2.33. The molecule has 0 saturated heterocycles. The quantitative estimate of drug-likeness (QED) is 0.903. The molecule has 0 bridgehead atoms. The first kappa shape index (κ1) is 15.0. The summed E-state index contributed by atoms with van der Waals surface area (Å²) in [6, 6.07) is 11.2. The van der Waals surface area contributed by atoms with Gasteiger partial charge in [0.1, 0.15) is 0 Å². The number of nitrogens with zero attached hydrogens (tertiary/aromatic N) is 1. The largest absolute Gasteiger partial charge is 0.328 e. The van der Waals surface area contributed by atoms with Crippen LogP contribution in [-0.4, -0.2) is 23.4 Å². The summed E-state index contributed by atoms with van der Waals surface area (Å²) in [6.07, 6.45) is 0. The van der Waals surface area contributed by atoms with Crippen LogP contribution in [0.2, 0.25) is 0 Å². The van der Waals surface area contributed by atoms with Crippen LogP contribution in [0.15, 0.2) is 53.0 Å². The third kappa shape index (κ3) is 2.59. The minimum atomic E-state index is -0.394. The van der Waals surface area contributed by atoms with E-state index in [1.807, 2.05) is 48.7 Å². The summed E-state index contributed by atoms with van der Waals surface area (Å²) >= 11 is 1.63. The molecule has 4 rings (SSSR count). The lowest BCUT2D eigenvalue weighted by Gasteiger charge is -2.25. The van der Waals surface area contributed by atoms with Crippen LogP contribution in [0.25, 0.3) is 0 Å². The van der Waals surface area contributed by atoms with Crippen LogP contribution in [-0.2, 0) is 11.3 Å². The molecular weight excluding hydrogens is 322 g/mol. The Balaban J connectivity index is 1.66. The summed E-state index contributed by atoms with van der Waals surface area (Å²) in [5, 5.41) is 7.69. The Kier molecular flexibility index (Phi) is 3.61. The number of hydrogen-bond donors (Lipinski definition) is 2. The predicted molar refractivity (Wildman–Crippen MR) is 92.3 cm³/mol. The van der Waals surface area contributed by atoms with Gasteiger partial charge >= 0.3 is 6.03 Å². The van der Waals surface area contributed by atoms with Gasteiger partial charge in [-0.05, 0) is 23.9 Å². The molecule has 2 aromatic rings. The number of thiophene rings is 1. The molecule has 1 aromatic carbocycles. The van der Waals surface area contributed by atoms with Crippen molar-refractivity contribution in [3.63, 3.8) is 0 Å². The van der Waals surface area contributed by atoms with Gasteiger partial charge in [-0.2, -0.15) is 0 Å². The Morgan fingerprint density at radius 3 is 2.88 bits per heavy atom. The van der Waals surface area contributed by atoms with Crippen LogP contribution in [0.5, 0.6) is 0 Å². The van der Waals surface area contributed by atoms with Crippen molar-refractivity contribution in [1.82, 2.24) is 15.5 Å². The summed E-state index contributed by atoms with van der Waals surface area (Å²) in [5.74, 6) is -0.0163. The van der Waals surface area contributed by atoms with Crippen LogP contribution >= 0.6 is 11.3 Å². The van der Waals surface area contributed by atoms with Gasteiger partial charge in [0, 0.05) is 4.88 Å². The second kappa shape index (κ2) is 5.79. The van der Waals surface area contributed by atoms with Gasteiger partial charge in [-0.1, -0.05) is 35.9 Å². The second-order valence-corrected chi connectivity index (χ2v) is 7.11. The van der Waals surface area contributed by atoms with Gasteiger partial charge in [-0.25, -0.2) is 4.79 Å². The fourth-order valence-corrected chi connectivity index (χ4v) is 3.97. The van der Waals surface area contributed by atoms with Crippen molar-refractivity contribution < 1.29 is 9.59 Å². The number of nitrogens with one attached hydrogen (secondary N) is 2. The first-order valence-corrected chi connectivity index (χ1v) is 8.68. The molecule has 5 nitrogen and oxygen atoms in total. The highest BCUT2D eigenvalue weighted by molar-refractivity contribution is 7.09. The molecule has 0 spiro atoms. The third-order valence-corrected chi connectivity index (χ3v) is 5.18. The maximum Gasteiger partial charge on any atom is 0.319 e. The average molecular weight is 339 g/mol. The summed E-state index contributed by atoms with van der Waals surface area (Å²) in [6.45, 7) is 3.02. The predicted octanol–water partition coefficient (Wildman–Crippen LogP) is 2.71. The summed E-state index contributed by atoms with van der Waals surface area (Å²) < 4.78 is 0. The SMILES string of the molecule is Cc1cccc([C@H]2NC(=O)NC3=C2C(=O)N(Cc2cccs2)C3)c1. The Bertz CT molecular complexity index is 842. The molecule has 0 fully saturated rings. The minimum absolute atomic E-state index is 0.0163. The van der Waals surface area contributed by atoms with E-state index in [1.54, 1.807) is 16.2 Å². The Morgan fingerprint density at radius 1 is 1.25 bits per heavy atom. The van der Waals surface area contributed by atoms with Crippen molar-refractivity contribution in [3.8, 4) is 0 Å². The van der Waals surface area contributed by atoms with E-state index in [1.165, 1.54) is 0 Å². The number of aryl methyl sites for hydroxylation is 1. The third-order valence-electron chi connectivity index (χ3n) is 4.32. The molecule has 2 N–H and O–H groups in total. The first-order valence-electron chi connectivity index (χ1n) is 7.80. The lowest BCUT2D eigenvalue weighted by Crippen LogP contribution is -2.44. The Hall–Kier alpha value is -2.60. The molecule has 2 aliphatic heterocycles. The second-order valence-electron chi connectivity index (χ2n) is 6.08. The average Bonchev–Trinajstić information content (AvgIpc) is 3.16. The van der Waals surface area contributed by atoms with Crippen molar-refractivity contribution in [3.05, 3.63) is 69.1 Å². The Labute approximate surface area is 144 Å². The number of carbonyl (C=O) groups is 2.